The molecular formula is C19H21NO4. The second kappa shape index (κ2) is 6.51. The minimum absolute atomic E-state index is 0.130. The van der Waals surface area contributed by atoms with Gasteiger partial charge in [0.15, 0.2) is 0 Å². The number of anilines is 1. The largest absolute Gasteiger partial charge is 0.465 e. The molecule has 2 fully saturated rings. The lowest BCUT2D eigenvalue weighted by Crippen LogP contribution is -2.31. The van der Waals surface area contributed by atoms with Crippen molar-refractivity contribution in [2.45, 2.75) is 19.3 Å². The molecule has 5 heteroatoms. The van der Waals surface area contributed by atoms with E-state index >= 15 is 0 Å². The Labute approximate surface area is 141 Å². The maximum atomic E-state index is 12.3. The molecule has 0 spiro atoms. The molecule has 5 nitrogen and oxygen atoms in total. The van der Waals surface area contributed by atoms with Crippen molar-refractivity contribution in [1.82, 2.24) is 0 Å². The maximum absolute atomic E-state index is 12.3. The zero-order valence-corrected chi connectivity index (χ0v) is 13.5. The number of esters is 1. The van der Waals surface area contributed by atoms with Crippen LogP contribution in [0.1, 0.15) is 18.4 Å². The van der Waals surface area contributed by atoms with Crippen molar-refractivity contribution in [3.63, 3.8) is 0 Å². The summed E-state index contributed by atoms with van der Waals surface area (Å²) in [5, 5.41) is 2.68. The summed E-state index contributed by atoms with van der Waals surface area (Å²) in [6, 6.07) is 7.47. The SMILES string of the molecule is C=CCOC(=O)Nc1cccc(CC23CC(=C)CC2COC3=O)c1. The lowest BCUT2D eigenvalue weighted by molar-refractivity contribution is -0.146. The molecule has 1 aliphatic heterocycles. The molecule has 126 valence electrons. The van der Waals surface area contributed by atoms with Crippen LogP contribution in [0.2, 0.25) is 0 Å². The number of rotatable bonds is 5. The highest BCUT2D eigenvalue weighted by Crippen LogP contribution is 2.52. The Hall–Kier alpha value is -2.56. The third kappa shape index (κ3) is 3.07. The van der Waals surface area contributed by atoms with Crippen LogP contribution < -0.4 is 5.32 Å². The van der Waals surface area contributed by atoms with Gasteiger partial charge in [0.1, 0.15) is 6.61 Å². The van der Waals surface area contributed by atoms with Gasteiger partial charge in [-0.3, -0.25) is 10.1 Å². The van der Waals surface area contributed by atoms with Gasteiger partial charge in [0.25, 0.3) is 0 Å². The van der Waals surface area contributed by atoms with Gasteiger partial charge in [0, 0.05) is 11.6 Å². The Kier molecular flexibility index (Phi) is 4.42. The van der Waals surface area contributed by atoms with Crippen LogP contribution in [0.4, 0.5) is 10.5 Å². The molecular weight excluding hydrogens is 306 g/mol. The molecule has 0 aromatic heterocycles. The van der Waals surface area contributed by atoms with Crippen molar-refractivity contribution in [2.75, 3.05) is 18.5 Å². The second-order valence-corrected chi connectivity index (χ2v) is 6.47. The molecule has 2 atom stereocenters. The van der Waals surface area contributed by atoms with Gasteiger partial charge in [-0.15, -0.1) is 0 Å². The van der Waals surface area contributed by atoms with Gasteiger partial charge in [-0.2, -0.15) is 0 Å². The average Bonchev–Trinajstić information content (AvgIpc) is 3.00. The summed E-state index contributed by atoms with van der Waals surface area (Å²) in [7, 11) is 0. The third-order valence-corrected chi connectivity index (χ3v) is 4.73. The van der Waals surface area contributed by atoms with E-state index in [4.69, 9.17) is 9.47 Å². The van der Waals surface area contributed by atoms with E-state index in [0.717, 1.165) is 17.6 Å². The topological polar surface area (TPSA) is 64.6 Å². The molecule has 1 N–H and O–H groups in total. The third-order valence-electron chi connectivity index (χ3n) is 4.73. The van der Waals surface area contributed by atoms with Crippen molar-refractivity contribution in [3.8, 4) is 0 Å². The first-order valence-electron chi connectivity index (χ1n) is 8.01. The molecule has 3 rings (SSSR count). The molecule has 1 heterocycles. The molecule has 1 saturated carbocycles. The molecule has 1 aromatic rings. The number of carbonyl (C=O) groups excluding carboxylic acids is 2. The van der Waals surface area contributed by atoms with Crippen molar-refractivity contribution >= 4 is 17.7 Å². The summed E-state index contributed by atoms with van der Waals surface area (Å²) in [6.45, 7) is 8.19. The maximum Gasteiger partial charge on any atom is 0.411 e. The van der Waals surface area contributed by atoms with Crippen molar-refractivity contribution in [2.24, 2.45) is 11.3 Å². The number of carbonyl (C=O) groups is 2. The lowest BCUT2D eigenvalue weighted by atomic mass is 9.75. The fourth-order valence-electron chi connectivity index (χ4n) is 3.67. The van der Waals surface area contributed by atoms with Crippen LogP contribution in [0.3, 0.4) is 0 Å². The van der Waals surface area contributed by atoms with E-state index in [1.165, 1.54) is 6.08 Å². The quantitative estimate of drug-likeness (QED) is 0.664. The van der Waals surface area contributed by atoms with Crippen LogP contribution in [0.5, 0.6) is 0 Å². The van der Waals surface area contributed by atoms with Gasteiger partial charge in [-0.1, -0.05) is 36.9 Å². The highest BCUT2D eigenvalue weighted by molar-refractivity contribution is 5.85. The summed E-state index contributed by atoms with van der Waals surface area (Å²) < 4.78 is 10.2. The number of amides is 1. The number of nitrogens with one attached hydrogen (secondary N) is 1. The Balaban J connectivity index is 1.75. The number of hydrogen-bond acceptors (Lipinski definition) is 4. The Bertz CT molecular complexity index is 696. The summed E-state index contributed by atoms with van der Waals surface area (Å²) in [6.07, 6.45) is 3.09. The fourth-order valence-corrected chi connectivity index (χ4v) is 3.67. The van der Waals surface area contributed by atoms with Crippen LogP contribution in [0.15, 0.2) is 49.1 Å². The van der Waals surface area contributed by atoms with E-state index in [9.17, 15) is 9.59 Å². The Morgan fingerprint density at radius 3 is 3.12 bits per heavy atom. The standard InChI is InChI=1S/C19H21NO4/c1-3-7-23-18(22)20-16-6-4-5-14(9-16)11-19-10-13(2)8-15(19)12-24-17(19)21/h3-6,9,15H,1-2,7-8,10-12H2,(H,20,22). The molecule has 0 radical (unpaired) electrons. The highest BCUT2D eigenvalue weighted by atomic mass is 16.5. The molecule has 1 saturated heterocycles. The number of fused-ring (bicyclic) bond motifs is 1. The number of allylic oxidation sites excluding steroid dienone is 1. The number of hydrogen-bond donors (Lipinski definition) is 1. The molecule has 1 amide bonds. The smallest absolute Gasteiger partial charge is 0.411 e. The van der Waals surface area contributed by atoms with Gasteiger partial charge < -0.3 is 9.47 Å². The van der Waals surface area contributed by atoms with E-state index in [0.29, 0.717) is 25.1 Å². The van der Waals surface area contributed by atoms with Crippen LogP contribution in [0, 0.1) is 11.3 Å². The van der Waals surface area contributed by atoms with Crippen LogP contribution in [-0.2, 0) is 20.7 Å². The normalized spacial score (nSPS) is 25.1. The second-order valence-electron chi connectivity index (χ2n) is 6.47. The van der Waals surface area contributed by atoms with Crippen LogP contribution in [-0.4, -0.2) is 25.3 Å². The molecule has 2 aliphatic rings. The minimum atomic E-state index is -0.530. The van der Waals surface area contributed by atoms with Gasteiger partial charge in [0.2, 0.25) is 0 Å². The first-order chi connectivity index (χ1) is 11.5. The van der Waals surface area contributed by atoms with E-state index < -0.39 is 11.5 Å². The number of benzene rings is 1. The fraction of sp³-hybridized carbons (Fsp3) is 0.368. The monoisotopic (exact) mass is 327 g/mol. The molecule has 0 bridgehead atoms. The van der Waals surface area contributed by atoms with Gasteiger partial charge in [0.05, 0.1) is 12.0 Å². The van der Waals surface area contributed by atoms with Crippen molar-refractivity contribution in [3.05, 3.63) is 54.6 Å². The molecule has 1 aliphatic carbocycles. The van der Waals surface area contributed by atoms with E-state index in [1.54, 1.807) is 6.07 Å². The average molecular weight is 327 g/mol. The van der Waals surface area contributed by atoms with Gasteiger partial charge >= 0.3 is 12.1 Å². The van der Waals surface area contributed by atoms with Crippen LogP contribution in [0.25, 0.3) is 0 Å². The predicted octanol–water partition coefficient (Wildman–Crippen LogP) is 3.47. The summed E-state index contributed by atoms with van der Waals surface area (Å²) in [5.74, 6) is 0.0709. The molecule has 2 unspecified atom stereocenters. The predicted molar refractivity (Wildman–Crippen MR) is 90.6 cm³/mol. The van der Waals surface area contributed by atoms with E-state index in [1.807, 2.05) is 18.2 Å². The van der Waals surface area contributed by atoms with Crippen LogP contribution >= 0.6 is 0 Å². The highest BCUT2D eigenvalue weighted by Gasteiger charge is 2.55. The summed E-state index contributed by atoms with van der Waals surface area (Å²) in [4.78, 5) is 24.0. The summed E-state index contributed by atoms with van der Waals surface area (Å²) >= 11 is 0. The van der Waals surface area contributed by atoms with Crippen molar-refractivity contribution < 1.29 is 19.1 Å². The first kappa shape index (κ1) is 16.3. The van der Waals surface area contributed by atoms with Gasteiger partial charge in [-0.25, -0.2) is 4.79 Å². The first-order valence-corrected chi connectivity index (χ1v) is 8.01. The van der Waals surface area contributed by atoms with E-state index in [-0.39, 0.29) is 18.5 Å². The Morgan fingerprint density at radius 1 is 1.50 bits per heavy atom. The number of ether oxygens (including phenoxy) is 2. The van der Waals surface area contributed by atoms with Gasteiger partial charge in [-0.05, 0) is 37.0 Å². The number of cyclic esters (lactones) is 1. The summed E-state index contributed by atoms with van der Waals surface area (Å²) in [5.41, 5.74) is 2.23. The minimum Gasteiger partial charge on any atom is -0.465 e. The molecule has 1 aromatic carbocycles. The lowest BCUT2D eigenvalue weighted by Gasteiger charge is -2.24. The zero-order valence-electron chi connectivity index (χ0n) is 13.5. The van der Waals surface area contributed by atoms with E-state index in [2.05, 4.69) is 18.5 Å². The molecule has 24 heavy (non-hydrogen) atoms. The van der Waals surface area contributed by atoms with Crippen molar-refractivity contribution in [1.29, 1.82) is 0 Å². The Morgan fingerprint density at radius 2 is 2.33 bits per heavy atom. The zero-order chi connectivity index (χ0) is 17.2.